The lowest BCUT2D eigenvalue weighted by Gasteiger charge is -2.34. The maximum absolute atomic E-state index is 13.0. The standard InChI is InChI=1S/C23H28N6OS/c1-3-27-11-13-28(14-12-27)21-15-18(9-10-24-21)16-25-22(30)20-17-26-23(31-2)29(20)19-7-5-4-6-8-19/h4-10,15,17H,3,11-14,16H2,1-2H3,(H,25,30). The van der Waals surface area contributed by atoms with E-state index < -0.39 is 0 Å². The molecule has 1 fully saturated rings. The van der Waals surface area contributed by atoms with Crippen molar-refractivity contribution in [2.45, 2.75) is 18.6 Å². The molecule has 0 bridgehead atoms. The van der Waals surface area contributed by atoms with Crippen molar-refractivity contribution in [2.75, 3.05) is 43.9 Å². The summed E-state index contributed by atoms with van der Waals surface area (Å²) >= 11 is 1.52. The summed E-state index contributed by atoms with van der Waals surface area (Å²) < 4.78 is 1.89. The van der Waals surface area contributed by atoms with Crippen LogP contribution in [-0.4, -0.2) is 64.3 Å². The Morgan fingerprint density at radius 3 is 2.58 bits per heavy atom. The van der Waals surface area contributed by atoms with Crippen LogP contribution < -0.4 is 10.2 Å². The topological polar surface area (TPSA) is 66.3 Å². The summed E-state index contributed by atoms with van der Waals surface area (Å²) in [6.07, 6.45) is 5.42. The number of piperazine rings is 1. The molecular formula is C23H28N6OS. The van der Waals surface area contributed by atoms with Crippen LogP contribution in [0.3, 0.4) is 0 Å². The van der Waals surface area contributed by atoms with Crippen LogP contribution in [0.1, 0.15) is 23.0 Å². The molecule has 1 aromatic carbocycles. The second-order valence-electron chi connectivity index (χ2n) is 7.43. The number of carbonyl (C=O) groups is 1. The van der Waals surface area contributed by atoms with Crippen LogP contribution >= 0.6 is 11.8 Å². The van der Waals surface area contributed by atoms with Crippen LogP contribution in [0.15, 0.2) is 60.0 Å². The third kappa shape index (κ3) is 4.91. The minimum atomic E-state index is -0.147. The minimum Gasteiger partial charge on any atom is -0.354 e. The Morgan fingerprint density at radius 2 is 1.87 bits per heavy atom. The molecule has 0 saturated carbocycles. The molecule has 1 amide bonds. The molecule has 1 saturated heterocycles. The van der Waals surface area contributed by atoms with E-state index in [-0.39, 0.29) is 5.91 Å². The van der Waals surface area contributed by atoms with Crippen molar-refractivity contribution in [1.29, 1.82) is 0 Å². The molecule has 0 aliphatic carbocycles. The Bertz CT molecular complexity index is 1010. The fourth-order valence-corrected chi connectivity index (χ4v) is 4.32. The van der Waals surface area contributed by atoms with Crippen molar-refractivity contribution in [2.24, 2.45) is 0 Å². The second kappa shape index (κ2) is 9.98. The summed E-state index contributed by atoms with van der Waals surface area (Å²) in [6, 6.07) is 13.9. The molecule has 0 unspecified atom stereocenters. The molecule has 3 aromatic rings. The molecule has 31 heavy (non-hydrogen) atoms. The van der Waals surface area contributed by atoms with Crippen LogP contribution in [0.2, 0.25) is 0 Å². The summed E-state index contributed by atoms with van der Waals surface area (Å²) in [5, 5.41) is 3.83. The zero-order chi connectivity index (χ0) is 21.6. The predicted molar refractivity (Wildman–Crippen MR) is 125 cm³/mol. The number of hydrogen-bond donors (Lipinski definition) is 1. The van der Waals surface area contributed by atoms with Gasteiger partial charge in [-0.05, 0) is 42.6 Å². The highest BCUT2D eigenvalue weighted by atomic mass is 32.2. The number of thioether (sulfide) groups is 1. The number of benzene rings is 1. The first-order valence-electron chi connectivity index (χ1n) is 10.6. The molecule has 1 N–H and O–H groups in total. The van der Waals surface area contributed by atoms with Crippen molar-refractivity contribution in [3.63, 3.8) is 0 Å². The van der Waals surface area contributed by atoms with Crippen LogP contribution in [0.4, 0.5) is 5.82 Å². The number of carbonyl (C=O) groups excluding carboxylic acids is 1. The summed E-state index contributed by atoms with van der Waals surface area (Å²) in [6.45, 7) is 7.79. The van der Waals surface area contributed by atoms with E-state index in [0.29, 0.717) is 12.2 Å². The summed E-state index contributed by atoms with van der Waals surface area (Å²) in [7, 11) is 0. The van der Waals surface area contributed by atoms with Crippen LogP contribution in [0.25, 0.3) is 5.69 Å². The van der Waals surface area contributed by atoms with E-state index in [0.717, 1.165) is 54.9 Å². The monoisotopic (exact) mass is 436 g/mol. The average Bonchev–Trinajstić information content (AvgIpc) is 3.28. The van der Waals surface area contributed by atoms with E-state index in [1.165, 1.54) is 11.8 Å². The second-order valence-corrected chi connectivity index (χ2v) is 8.20. The number of amides is 1. The first-order valence-corrected chi connectivity index (χ1v) is 11.8. The largest absolute Gasteiger partial charge is 0.354 e. The maximum atomic E-state index is 13.0. The predicted octanol–water partition coefficient (Wildman–Crippen LogP) is 3.06. The van der Waals surface area contributed by atoms with Gasteiger partial charge in [0.15, 0.2) is 5.16 Å². The molecule has 8 heteroatoms. The Hall–Kier alpha value is -2.84. The van der Waals surface area contributed by atoms with Crippen LogP contribution in [0, 0.1) is 0 Å². The zero-order valence-electron chi connectivity index (χ0n) is 18.0. The lowest BCUT2D eigenvalue weighted by Crippen LogP contribution is -2.46. The molecular weight excluding hydrogens is 408 g/mol. The van der Waals surface area contributed by atoms with Crippen molar-refractivity contribution < 1.29 is 4.79 Å². The Balaban J connectivity index is 1.45. The third-order valence-corrected chi connectivity index (χ3v) is 6.22. The number of imidazole rings is 1. The number of nitrogens with zero attached hydrogens (tertiary/aromatic N) is 5. The lowest BCUT2D eigenvalue weighted by atomic mass is 10.2. The van der Waals surface area contributed by atoms with Gasteiger partial charge in [-0.15, -0.1) is 0 Å². The van der Waals surface area contributed by atoms with Gasteiger partial charge in [0.1, 0.15) is 11.5 Å². The number of para-hydroxylation sites is 1. The summed E-state index contributed by atoms with van der Waals surface area (Å²) in [5.41, 5.74) is 2.49. The highest BCUT2D eigenvalue weighted by Crippen LogP contribution is 2.22. The molecule has 1 aliphatic rings. The van der Waals surface area contributed by atoms with Crippen molar-refractivity contribution in [1.82, 2.24) is 24.8 Å². The van der Waals surface area contributed by atoms with E-state index in [1.807, 2.05) is 53.4 Å². The van der Waals surface area contributed by atoms with Crippen molar-refractivity contribution in [3.8, 4) is 5.69 Å². The average molecular weight is 437 g/mol. The van der Waals surface area contributed by atoms with Crippen molar-refractivity contribution >= 4 is 23.5 Å². The quantitative estimate of drug-likeness (QED) is 0.574. The third-order valence-electron chi connectivity index (χ3n) is 5.57. The Morgan fingerprint density at radius 1 is 1.10 bits per heavy atom. The maximum Gasteiger partial charge on any atom is 0.270 e. The first-order chi connectivity index (χ1) is 15.2. The zero-order valence-corrected chi connectivity index (χ0v) is 18.8. The number of nitrogens with one attached hydrogen (secondary N) is 1. The van der Waals surface area contributed by atoms with Gasteiger partial charge in [-0.1, -0.05) is 36.9 Å². The van der Waals surface area contributed by atoms with E-state index in [2.05, 4.69) is 38.1 Å². The molecule has 0 atom stereocenters. The molecule has 2 aromatic heterocycles. The molecule has 1 aliphatic heterocycles. The molecule has 162 valence electrons. The fraction of sp³-hybridized carbons (Fsp3) is 0.348. The SMILES string of the molecule is CCN1CCN(c2cc(CNC(=O)c3cnc(SC)n3-c3ccccc3)ccn2)CC1. The van der Waals surface area contributed by atoms with Crippen molar-refractivity contribution in [3.05, 3.63) is 66.1 Å². The van der Waals surface area contributed by atoms with E-state index in [4.69, 9.17) is 0 Å². The molecule has 7 nitrogen and oxygen atoms in total. The van der Waals surface area contributed by atoms with E-state index in [1.54, 1.807) is 6.20 Å². The molecule has 4 rings (SSSR count). The van der Waals surface area contributed by atoms with Gasteiger partial charge in [0, 0.05) is 44.6 Å². The Kier molecular flexibility index (Phi) is 6.89. The number of aromatic nitrogens is 3. The van der Waals surface area contributed by atoms with Gasteiger partial charge in [-0.2, -0.15) is 0 Å². The van der Waals surface area contributed by atoms with E-state index in [9.17, 15) is 4.79 Å². The summed E-state index contributed by atoms with van der Waals surface area (Å²) in [4.78, 5) is 26.7. The minimum absolute atomic E-state index is 0.147. The number of rotatable bonds is 7. The van der Waals surface area contributed by atoms with Crippen LogP contribution in [-0.2, 0) is 6.54 Å². The number of hydrogen-bond acceptors (Lipinski definition) is 6. The van der Waals surface area contributed by atoms with Gasteiger partial charge in [-0.25, -0.2) is 9.97 Å². The highest BCUT2D eigenvalue weighted by Gasteiger charge is 2.19. The highest BCUT2D eigenvalue weighted by molar-refractivity contribution is 7.98. The van der Waals surface area contributed by atoms with Gasteiger partial charge in [-0.3, -0.25) is 9.36 Å². The fourth-order valence-electron chi connectivity index (χ4n) is 3.78. The van der Waals surface area contributed by atoms with Gasteiger partial charge in [0.2, 0.25) is 0 Å². The van der Waals surface area contributed by atoms with E-state index >= 15 is 0 Å². The van der Waals surface area contributed by atoms with Gasteiger partial charge < -0.3 is 15.1 Å². The number of likely N-dealkylation sites (N-methyl/N-ethyl adjacent to an activating group) is 1. The normalized spacial score (nSPS) is 14.6. The van der Waals surface area contributed by atoms with Gasteiger partial charge >= 0.3 is 0 Å². The molecule has 0 spiro atoms. The lowest BCUT2D eigenvalue weighted by molar-refractivity contribution is 0.0943. The van der Waals surface area contributed by atoms with Gasteiger partial charge in [0.05, 0.1) is 6.20 Å². The first kappa shape index (κ1) is 21.4. The van der Waals surface area contributed by atoms with Gasteiger partial charge in [0.25, 0.3) is 5.91 Å². The smallest absolute Gasteiger partial charge is 0.270 e. The molecule has 3 heterocycles. The number of pyridine rings is 1. The van der Waals surface area contributed by atoms with Crippen LogP contribution in [0.5, 0.6) is 0 Å². The number of anilines is 1. The summed E-state index contributed by atoms with van der Waals surface area (Å²) in [5.74, 6) is 0.827. The molecule has 0 radical (unpaired) electrons. The Labute approximate surface area is 187 Å².